The van der Waals surface area contributed by atoms with E-state index in [1.807, 2.05) is 11.0 Å². The monoisotopic (exact) mass is 557 g/mol. The molecule has 5 rings (SSSR count). The van der Waals surface area contributed by atoms with Crippen LogP contribution >= 0.6 is 0 Å². The van der Waals surface area contributed by atoms with Gasteiger partial charge in [-0.3, -0.25) is 4.79 Å². The van der Waals surface area contributed by atoms with Gasteiger partial charge in [0.25, 0.3) is 0 Å². The molecule has 2 aliphatic carbocycles. The molecule has 3 aliphatic rings. The van der Waals surface area contributed by atoms with Gasteiger partial charge in [-0.15, -0.1) is 6.58 Å². The van der Waals surface area contributed by atoms with Crippen LogP contribution in [0.15, 0.2) is 67.3 Å². The highest BCUT2D eigenvalue weighted by Crippen LogP contribution is 2.49. The van der Waals surface area contributed by atoms with E-state index < -0.39 is 5.97 Å². The van der Waals surface area contributed by atoms with E-state index in [1.165, 1.54) is 24.0 Å². The van der Waals surface area contributed by atoms with Crippen LogP contribution in [0, 0.1) is 30.6 Å². The number of rotatable bonds is 12. The minimum atomic E-state index is -0.599. The van der Waals surface area contributed by atoms with Crippen LogP contribution in [0.1, 0.15) is 67.6 Å². The number of piperidine rings is 1. The minimum Gasteiger partial charge on any atom is -0.481 e. The van der Waals surface area contributed by atoms with Crippen molar-refractivity contribution < 1.29 is 14.7 Å². The van der Waals surface area contributed by atoms with Crippen LogP contribution in [0.3, 0.4) is 0 Å². The normalized spacial score (nSPS) is 24.1. The number of aryl methyl sites for hydroxylation is 1. The molecule has 0 radical (unpaired) electrons. The van der Waals surface area contributed by atoms with E-state index >= 15 is 0 Å². The van der Waals surface area contributed by atoms with Gasteiger partial charge in [-0.2, -0.15) is 0 Å². The van der Waals surface area contributed by atoms with Gasteiger partial charge in [0.15, 0.2) is 0 Å². The summed E-state index contributed by atoms with van der Waals surface area (Å²) in [6, 6.07) is 19.2. The number of urea groups is 1. The quantitative estimate of drug-likeness (QED) is 0.294. The number of likely N-dealkylation sites (tertiary alicyclic amines) is 1. The van der Waals surface area contributed by atoms with Crippen LogP contribution in [0.5, 0.6) is 0 Å². The number of carboxylic acid groups (broad SMARTS) is 1. The molecular formula is C35H47N3O3. The number of aliphatic carboxylic acids is 1. The van der Waals surface area contributed by atoms with Crippen LogP contribution in [0.4, 0.5) is 4.79 Å². The van der Waals surface area contributed by atoms with E-state index in [9.17, 15) is 14.7 Å². The Morgan fingerprint density at radius 3 is 2.39 bits per heavy atom. The van der Waals surface area contributed by atoms with E-state index in [0.717, 1.165) is 57.3 Å². The van der Waals surface area contributed by atoms with Gasteiger partial charge in [0.2, 0.25) is 0 Å². The Kier molecular flexibility index (Phi) is 9.81. The molecule has 2 aromatic carbocycles. The minimum absolute atomic E-state index is 0.0259. The van der Waals surface area contributed by atoms with Crippen molar-refractivity contribution in [3.8, 4) is 0 Å². The molecule has 0 spiro atoms. The number of carbonyl (C=O) groups is 2. The Hall–Kier alpha value is -3.12. The van der Waals surface area contributed by atoms with Gasteiger partial charge in [0.05, 0.1) is 5.92 Å². The lowest BCUT2D eigenvalue weighted by atomic mass is 9.85. The van der Waals surface area contributed by atoms with Gasteiger partial charge in [0.1, 0.15) is 0 Å². The Morgan fingerprint density at radius 2 is 1.76 bits per heavy atom. The van der Waals surface area contributed by atoms with Crippen molar-refractivity contribution in [1.29, 1.82) is 0 Å². The predicted molar refractivity (Wildman–Crippen MR) is 164 cm³/mol. The van der Waals surface area contributed by atoms with Crippen molar-refractivity contribution in [2.75, 3.05) is 26.2 Å². The first-order valence-electron chi connectivity index (χ1n) is 15.6. The lowest BCUT2D eigenvalue weighted by Gasteiger charge is -2.39. The van der Waals surface area contributed by atoms with Crippen LogP contribution in [-0.2, 0) is 11.3 Å². The van der Waals surface area contributed by atoms with Crippen molar-refractivity contribution in [2.45, 2.75) is 70.4 Å². The van der Waals surface area contributed by atoms with Crippen molar-refractivity contribution >= 4 is 12.0 Å². The molecule has 4 atom stereocenters. The highest BCUT2D eigenvalue weighted by Gasteiger charge is 2.43. The highest BCUT2D eigenvalue weighted by molar-refractivity contribution is 5.74. The maximum absolute atomic E-state index is 13.2. The molecule has 1 aliphatic heterocycles. The first kappa shape index (κ1) is 29.4. The van der Waals surface area contributed by atoms with Gasteiger partial charge in [-0.05, 0) is 73.8 Å². The fourth-order valence-electron chi connectivity index (χ4n) is 7.28. The number of carbonyl (C=O) groups excluding carboxylic acids is 1. The summed E-state index contributed by atoms with van der Waals surface area (Å²) in [6.45, 7) is 9.95. The van der Waals surface area contributed by atoms with E-state index in [1.54, 1.807) is 0 Å². The van der Waals surface area contributed by atoms with Crippen LogP contribution in [-0.4, -0.2) is 59.1 Å². The molecule has 2 unspecified atom stereocenters. The largest absolute Gasteiger partial charge is 0.481 e. The summed E-state index contributed by atoms with van der Waals surface area (Å²) in [5.41, 5.74) is 3.67. The molecule has 2 amide bonds. The molecule has 220 valence electrons. The maximum atomic E-state index is 13.2. The summed E-state index contributed by atoms with van der Waals surface area (Å²) in [7, 11) is 0. The Bertz CT molecular complexity index is 1150. The number of carboxylic acids is 1. The van der Waals surface area contributed by atoms with Gasteiger partial charge in [0, 0.05) is 38.8 Å². The number of benzene rings is 2. The summed E-state index contributed by atoms with van der Waals surface area (Å²) < 4.78 is 0. The van der Waals surface area contributed by atoms with Crippen LogP contribution < -0.4 is 5.32 Å². The lowest BCUT2D eigenvalue weighted by Crippen LogP contribution is -2.51. The third kappa shape index (κ3) is 7.79. The average Bonchev–Trinajstić information content (AvgIpc) is 3.72. The molecule has 2 saturated carbocycles. The zero-order valence-corrected chi connectivity index (χ0v) is 24.6. The SMILES string of the molecule is C=CCN(C(=O)NCc1ccc(C)cc1)C1CCN(C[C@H]2CC(C(CC3CC3)C(=O)O)C[C@@H]2c2ccccc2)CC1. The Morgan fingerprint density at radius 1 is 1.05 bits per heavy atom. The topological polar surface area (TPSA) is 72.9 Å². The Balaban J connectivity index is 1.18. The summed E-state index contributed by atoms with van der Waals surface area (Å²) in [4.78, 5) is 30.0. The molecular weight excluding hydrogens is 510 g/mol. The molecule has 6 nitrogen and oxygen atoms in total. The zero-order chi connectivity index (χ0) is 28.8. The van der Waals surface area contributed by atoms with Gasteiger partial charge in [-0.1, -0.05) is 79.1 Å². The first-order chi connectivity index (χ1) is 19.9. The lowest BCUT2D eigenvalue weighted by molar-refractivity contribution is -0.144. The maximum Gasteiger partial charge on any atom is 0.318 e. The van der Waals surface area contributed by atoms with E-state index in [2.05, 4.69) is 78.3 Å². The molecule has 3 fully saturated rings. The fraction of sp³-hybridized carbons (Fsp3) is 0.543. The molecule has 2 aromatic rings. The third-order valence-electron chi connectivity index (χ3n) is 9.77. The number of hydrogen-bond donors (Lipinski definition) is 2. The molecule has 6 heteroatoms. The van der Waals surface area contributed by atoms with Crippen LogP contribution in [0.2, 0.25) is 0 Å². The number of amides is 2. The van der Waals surface area contributed by atoms with Gasteiger partial charge in [-0.25, -0.2) is 4.79 Å². The second-order valence-electron chi connectivity index (χ2n) is 12.7. The Labute approximate surface area is 245 Å². The standard InChI is InChI=1S/C35H47N3O3/c1-3-17-38(35(41)36-23-27-11-9-25(2)10-12-27)31-15-18-37(19-16-31)24-30-21-29(33(34(39)40)20-26-13-14-26)22-32(30)28-7-5-4-6-8-28/h3-12,26,29-33H,1,13-24H2,2H3,(H,36,41)(H,39,40)/t29?,30-,32-,33?/m1/s1. The summed E-state index contributed by atoms with van der Waals surface area (Å²) in [5, 5.41) is 13.2. The van der Waals surface area contributed by atoms with E-state index in [-0.39, 0.29) is 23.9 Å². The molecule has 0 aromatic heterocycles. The van der Waals surface area contributed by atoms with Gasteiger partial charge < -0.3 is 20.2 Å². The molecule has 2 N–H and O–H groups in total. The number of nitrogens with one attached hydrogen (secondary N) is 1. The third-order valence-corrected chi connectivity index (χ3v) is 9.77. The fourth-order valence-corrected chi connectivity index (χ4v) is 7.28. The van der Waals surface area contributed by atoms with Crippen molar-refractivity contribution in [3.05, 3.63) is 83.9 Å². The molecule has 41 heavy (non-hydrogen) atoms. The number of nitrogens with zero attached hydrogens (tertiary/aromatic N) is 2. The van der Waals surface area contributed by atoms with E-state index in [0.29, 0.717) is 30.8 Å². The molecule has 0 bridgehead atoms. The van der Waals surface area contributed by atoms with E-state index in [4.69, 9.17) is 0 Å². The van der Waals surface area contributed by atoms with Crippen molar-refractivity contribution in [3.63, 3.8) is 0 Å². The zero-order valence-electron chi connectivity index (χ0n) is 24.6. The average molecular weight is 558 g/mol. The summed E-state index contributed by atoms with van der Waals surface area (Å²) in [5.74, 6) is 0.929. The smallest absolute Gasteiger partial charge is 0.318 e. The second kappa shape index (κ2) is 13.7. The van der Waals surface area contributed by atoms with Gasteiger partial charge >= 0.3 is 12.0 Å². The predicted octanol–water partition coefficient (Wildman–Crippen LogP) is 6.47. The first-order valence-corrected chi connectivity index (χ1v) is 15.6. The van der Waals surface area contributed by atoms with Crippen LogP contribution in [0.25, 0.3) is 0 Å². The summed E-state index contributed by atoms with van der Waals surface area (Å²) >= 11 is 0. The highest BCUT2D eigenvalue weighted by atomic mass is 16.4. The molecule has 1 saturated heterocycles. The molecule has 1 heterocycles. The summed E-state index contributed by atoms with van der Waals surface area (Å²) in [6.07, 6.45) is 8.92. The van der Waals surface area contributed by atoms with Crippen molar-refractivity contribution in [2.24, 2.45) is 23.7 Å². The second-order valence-corrected chi connectivity index (χ2v) is 12.7. The van der Waals surface area contributed by atoms with Crippen molar-refractivity contribution in [1.82, 2.24) is 15.1 Å². The number of hydrogen-bond acceptors (Lipinski definition) is 3.